The Hall–Kier alpha value is -6.16. The van der Waals surface area contributed by atoms with Crippen LogP contribution in [0.3, 0.4) is 0 Å². The standard InChI is InChI=1S/C39H36O10/c1-3-36(40)46-25-6-5-24-44-33-18-14-31(15-19-33)39(43)49-35-22-20-34(21-23-35)48-38(42)30-10-8-28(9-11-30)29-12-16-32(17-13-29)45-26-7-27-47-37(41)4-2/h3-4,8-23H,1-2,5-7,24-27H2. The van der Waals surface area contributed by atoms with Crippen LogP contribution in [-0.4, -0.2) is 50.3 Å². The summed E-state index contributed by atoms with van der Waals surface area (Å²) in [5, 5.41) is 0. The highest BCUT2D eigenvalue weighted by atomic mass is 16.5. The molecule has 0 atom stereocenters. The lowest BCUT2D eigenvalue weighted by Gasteiger charge is -2.09. The summed E-state index contributed by atoms with van der Waals surface area (Å²) in [7, 11) is 0. The first-order chi connectivity index (χ1) is 23.8. The Balaban J connectivity index is 1.19. The molecule has 0 spiro atoms. The van der Waals surface area contributed by atoms with Gasteiger partial charge >= 0.3 is 23.9 Å². The van der Waals surface area contributed by atoms with Crippen LogP contribution >= 0.6 is 0 Å². The topological polar surface area (TPSA) is 124 Å². The third kappa shape index (κ3) is 11.9. The molecule has 0 radical (unpaired) electrons. The van der Waals surface area contributed by atoms with Crippen molar-refractivity contribution >= 4 is 23.9 Å². The third-order valence-electron chi connectivity index (χ3n) is 6.83. The summed E-state index contributed by atoms with van der Waals surface area (Å²) in [5.41, 5.74) is 2.57. The summed E-state index contributed by atoms with van der Waals surface area (Å²) in [6.45, 7) is 8.09. The molecule has 0 amide bonds. The van der Waals surface area contributed by atoms with E-state index in [0.717, 1.165) is 23.3 Å². The molecule has 10 heteroatoms. The van der Waals surface area contributed by atoms with Crippen molar-refractivity contribution < 1.29 is 47.6 Å². The maximum atomic E-state index is 12.7. The molecule has 0 bridgehead atoms. The van der Waals surface area contributed by atoms with Crippen molar-refractivity contribution in [1.82, 2.24) is 0 Å². The predicted molar refractivity (Wildman–Crippen MR) is 182 cm³/mol. The number of unbranched alkanes of at least 4 members (excludes halogenated alkanes) is 1. The Bertz CT molecular complexity index is 1710. The Morgan fingerprint density at radius 2 is 0.796 bits per heavy atom. The Morgan fingerprint density at radius 3 is 1.27 bits per heavy atom. The lowest BCUT2D eigenvalue weighted by molar-refractivity contribution is -0.138. The Morgan fingerprint density at radius 1 is 0.449 bits per heavy atom. The molecule has 0 N–H and O–H groups in total. The van der Waals surface area contributed by atoms with Gasteiger partial charge < -0.3 is 28.4 Å². The summed E-state index contributed by atoms with van der Waals surface area (Å²) in [6.07, 6.45) is 4.16. The molecule has 0 unspecified atom stereocenters. The van der Waals surface area contributed by atoms with E-state index in [1.54, 1.807) is 60.7 Å². The lowest BCUT2D eigenvalue weighted by atomic mass is 10.0. The Labute approximate surface area is 284 Å². The van der Waals surface area contributed by atoms with Crippen molar-refractivity contribution in [3.05, 3.63) is 133 Å². The first kappa shape index (κ1) is 35.7. The minimum atomic E-state index is -0.550. The fraction of sp³-hybridized carbons (Fsp3) is 0.179. The monoisotopic (exact) mass is 664 g/mol. The van der Waals surface area contributed by atoms with Crippen LogP contribution in [0.5, 0.6) is 23.0 Å². The molecule has 0 aliphatic carbocycles. The van der Waals surface area contributed by atoms with E-state index in [1.165, 1.54) is 0 Å². The molecule has 0 aliphatic heterocycles. The van der Waals surface area contributed by atoms with Crippen LogP contribution < -0.4 is 18.9 Å². The smallest absolute Gasteiger partial charge is 0.343 e. The summed E-state index contributed by atoms with van der Waals surface area (Å²) in [6, 6.07) is 27.3. The van der Waals surface area contributed by atoms with Crippen molar-refractivity contribution in [1.29, 1.82) is 0 Å². The zero-order valence-corrected chi connectivity index (χ0v) is 26.8. The molecular formula is C39H36O10. The summed E-state index contributed by atoms with van der Waals surface area (Å²) < 4.78 is 32.1. The van der Waals surface area contributed by atoms with Gasteiger partial charge in [0.15, 0.2) is 0 Å². The van der Waals surface area contributed by atoms with E-state index >= 15 is 0 Å². The number of esters is 4. The van der Waals surface area contributed by atoms with Crippen molar-refractivity contribution in [3.8, 4) is 34.1 Å². The predicted octanol–water partition coefficient (Wildman–Crippen LogP) is 7.18. The average Bonchev–Trinajstić information content (AvgIpc) is 3.14. The summed E-state index contributed by atoms with van der Waals surface area (Å²) in [4.78, 5) is 47.4. The molecule has 0 heterocycles. The largest absolute Gasteiger partial charge is 0.494 e. The lowest BCUT2D eigenvalue weighted by Crippen LogP contribution is -2.09. The van der Waals surface area contributed by atoms with E-state index in [0.29, 0.717) is 67.5 Å². The highest BCUT2D eigenvalue weighted by Crippen LogP contribution is 2.24. The van der Waals surface area contributed by atoms with Crippen LogP contribution in [0.25, 0.3) is 11.1 Å². The minimum absolute atomic E-state index is 0.259. The van der Waals surface area contributed by atoms with E-state index in [1.807, 2.05) is 36.4 Å². The number of hydrogen-bond acceptors (Lipinski definition) is 10. The van der Waals surface area contributed by atoms with Gasteiger partial charge in [-0.1, -0.05) is 37.4 Å². The third-order valence-corrected chi connectivity index (χ3v) is 6.83. The van der Waals surface area contributed by atoms with Gasteiger partial charge in [0, 0.05) is 18.6 Å². The van der Waals surface area contributed by atoms with Gasteiger partial charge in [0.1, 0.15) is 23.0 Å². The minimum Gasteiger partial charge on any atom is -0.494 e. The van der Waals surface area contributed by atoms with Gasteiger partial charge in [-0.25, -0.2) is 19.2 Å². The second-order valence-electron chi connectivity index (χ2n) is 10.4. The fourth-order valence-electron chi connectivity index (χ4n) is 4.24. The maximum Gasteiger partial charge on any atom is 0.343 e. The summed E-state index contributed by atoms with van der Waals surface area (Å²) >= 11 is 0. The van der Waals surface area contributed by atoms with Crippen molar-refractivity contribution in [2.24, 2.45) is 0 Å². The number of ether oxygens (including phenoxy) is 6. The highest BCUT2D eigenvalue weighted by molar-refractivity contribution is 5.92. The number of carbonyl (C=O) groups excluding carboxylic acids is 4. The van der Waals surface area contributed by atoms with Gasteiger partial charge in [-0.15, -0.1) is 0 Å². The second-order valence-corrected chi connectivity index (χ2v) is 10.4. The molecule has 10 nitrogen and oxygen atoms in total. The van der Waals surface area contributed by atoms with Crippen LogP contribution in [-0.2, 0) is 19.1 Å². The second kappa shape index (κ2) is 18.9. The highest BCUT2D eigenvalue weighted by Gasteiger charge is 2.12. The number of rotatable bonds is 18. The normalized spacial score (nSPS) is 10.3. The first-order valence-electron chi connectivity index (χ1n) is 15.5. The SMILES string of the molecule is C=CC(=O)OCCCCOc1ccc(C(=O)Oc2ccc(OC(=O)c3ccc(-c4ccc(OCCCOC(=O)C=C)cc4)cc3)cc2)cc1. The molecule has 0 aromatic heterocycles. The molecule has 4 rings (SSSR count). The molecule has 4 aromatic carbocycles. The van der Waals surface area contributed by atoms with Gasteiger partial charge in [0.05, 0.1) is 37.6 Å². The molecule has 4 aromatic rings. The van der Waals surface area contributed by atoms with E-state index in [-0.39, 0.29) is 12.4 Å². The quantitative estimate of drug-likeness (QED) is 0.0468. The van der Waals surface area contributed by atoms with E-state index in [9.17, 15) is 19.2 Å². The first-order valence-corrected chi connectivity index (χ1v) is 15.5. The number of benzene rings is 4. The summed E-state index contributed by atoms with van der Waals surface area (Å²) in [5.74, 6) is -0.116. The molecule has 0 saturated carbocycles. The average molecular weight is 665 g/mol. The maximum absolute atomic E-state index is 12.7. The molecular weight excluding hydrogens is 628 g/mol. The van der Waals surface area contributed by atoms with E-state index < -0.39 is 23.9 Å². The van der Waals surface area contributed by atoms with Crippen molar-refractivity contribution in [2.75, 3.05) is 26.4 Å². The van der Waals surface area contributed by atoms with E-state index in [2.05, 4.69) is 13.2 Å². The molecule has 0 fully saturated rings. The van der Waals surface area contributed by atoms with Crippen LogP contribution in [0.2, 0.25) is 0 Å². The molecule has 0 saturated heterocycles. The van der Waals surface area contributed by atoms with Gasteiger partial charge in [-0.2, -0.15) is 0 Å². The fourth-order valence-corrected chi connectivity index (χ4v) is 4.24. The molecule has 0 aliphatic rings. The Kier molecular flexibility index (Phi) is 13.7. The van der Waals surface area contributed by atoms with Crippen LogP contribution in [0.15, 0.2) is 122 Å². The zero-order chi connectivity index (χ0) is 34.8. The van der Waals surface area contributed by atoms with Gasteiger partial charge in [0.25, 0.3) is 0 Å². The van der Waals surface area contributed by atoms with Crippen LogP contribution in [0, 0.1) is 0 Å². The van der Waals surface area contributed by atoms with Crippen LogP contribution in [0.1, 0.15) is 40.0 Å². The van der Waals surface area contributed by atoms with Crippen molar-refractivity contribution in [2.45, 2.75) is 19.3 Å². The number of hydrogen-bond donors (Lipinski definition) is 0. The molecule has 252 valence electrons. The van der Waals surface area contributed by atoms with Gasteiger partial charge in [-0.3, -0.25) is 0 Å². The van der Waals surface area contributed by atoms with Gasteiger partial charge in [0.2, 0.25) is 0 Å². The molecule has 49 heavy (non-hydrogen) atoms. The van der Waals surface area contributed by atoms with E-state index in [4.69, 9.17) is 28.4 Å². The zero-order valence-electron chi connectivity index (χ0n) is 26.8. The van der Waals surface area contributed by atoms with Gasteiger partial charge in [-0.05, 0) is 96.8 Å². The number of carbonyl (C=O) groups is 4. The van der Waals surface area contributed by atoms with Crippen molar-refractivity contribution in [3.63, 3.8) is 0 Å². The van der Waals surface area contributed by atoms with Crippen LogP contribution in [0.4, 0.5) is 0 Å².